The molecule has 3 rings (SSSR count). The number of hydrogen-bond acceptors (Lipinski definition) is 4. The molecule has 120 valence electrons. The Bertz CT molecular complexity index is 659. The van der Waals surface area contributed by atoms with Gasteiger partial charge in [0.25, 0.3) is 0 Å². The van der Waals surface area contributed by atoms with E-state index in [1.165, 1.54) is 5.56 Å². The molecule has 1 amide bonds. The standard InChI is InChI=1S/C18H22N4O/c1-19-17-13-20-12-15(21-17)16-8-5-11-22(16)18(23)10-9-14-6-3-2-4-7-14/h2-4,6-7,12-13,16H,5,8-11H2,1H3,(H,19,21)/t16-/m0/s1. The number of nitrogens with zero attached hydrogens (tertiary/aromatic N) is 3. The van der Waals surface area contributed by atoms with E-state index in [4.69, 9.17) is 0 Å². The molecular weight excluding hydrogens is 288 g/mol. The Kier molecular flexibility index (Phi) is 4.86. The molecule has 0 radical (unpaired) electrons. The van der Waals surface area contributed by atoms with E-state index in [2.05, 4.69) is 27.4 Å². The van der Waals surface area contributed by atoms with Crippen LogP contribution >= 0.6 is 0 Å². The third-order valence-electron chi connectivity index (χ3n) is 4.29. The highest BCUT2D eigenvalue weighted by Gasteiger charge is 2.30. The first kappa shape index (κ1) is 15.5. The van der Waals surface area contributed by atoms with E-state index in [-0.39, 0.29) is 11.9 Å². The summed E-state index contributed by atoms with van der Waals surface area (Å²) in [5.41, 5.74) is 2.08. The molecule has 0 bridgehead atoms. The number of anilines is 1. The highest BCUT2D eigenvalue weighted by Crippen LogP contribution is 2.31. The third-order valence-corrected chi connectivity index (χ3v) is 4.29. The molecule has 5 nitrogen and oxygen atoms in total. The van der Waals surface area contributed by atoms with E-state index in [9.17, 15) is 4.79 Å². The second kappa shape index (κ2) is 7.22. The monoisotopic (exact) mass is 310 g/mol. The van der Waals surface area contributed by atoms with Gasteiger partial charge in [-0.05, 0) is 24.8 Å². The summed E-state index contributed by atoms with van der Waals surface area (Å²) in [6.07, 6.45) is 6.77. The predicted molar refractivity (Wildman–Crippen MR) is 90.0 cm³/mol. The Balaban J connectivity index is 1.67. The maximum atomic E-state index is 12.6. The number of nitrogens with one attached hydrogen (secondary N) is 1. The van der Waals surface area contributed by atoms with Crippen molar-refractivity contribution >= 4 is 11.7 Å². The van der Waals surface area contributed by atoms with Crippen LogP contribution < -0.4 is 5.32 Å². The molecule has 23 heavy (non-hydrogen) atoms. The van der Waals surface area contributed by atoms with Gasteiger partial charge in [-0.2, -0.15) is 0 Å². The van der Waals surface area contributed by atoms with E-state index in [1.807, 2.05) is 30.1 Å². The number of carbonyl (C=O) groups excluding carboxylic acids is 1. The molecular formula is C18H22N4O. The molecule has 1 fully saturated rings. The molecule has 1 aliphatic rings. The zero-order valence-corrected chi connectivity index (χ0v) is 13.4. The lowest BCUT2D eigenvalue weighted by Gasteiger charge is -2.24. The molecule has 1 atom stereocenters. The second-order valence-electron chi connectivity index (χ2n) is 5.81. The number of rotatable bonds is 5. The highest BCUT2D eigenvalue weighted by atomic mass is 16.2. The number of amides is 1. The minimum atomic E-state index is 0.0547. The predicted octanol–water partition coefficient (Wildman–Crippen LogP) is 2.81. The molecule has 1 aromatic carbocycles. The highest BCUT2D eigenvalue weighted by molar-refractivity contribution is 5.77. The van der Waals surface area contributed by atoms with Crippen molar-refractivity contribution in [3.05, 3.63) is 54.0 Å². The number of aromatic nitrogens is 2. The Morgan fingerprint density at radius 1 is 1.30 bits per heavy atom. The van der Waals surface area contributed by atoms with Gasteiger partial charge in [0.2, 0.25) is 5.91 Å². The average molecular weight is 310 g/mol. The molecule has 0 saturated carbocycles. The van der Waals surface area contributed by atoms with Gasteiger partial charge in [-0.25, -0.2) is 4.98 Å². The topological polar surface area (TPSA) is 58.1 Å². The average Bonchev–Trinajstić information content (AvgIpc) is 3.10. The maximum absolute atomic E-state index is 12.6. The fourth-order valence-corrected chi connectivity index (χ4v) is 3.07. The molecule has 0 spiro atoms. The molecule has 0 aliphatic carbocycles. The van der Waals surface area contributed by atoms with Gasteiger partial charge < -0.3 is 10.2 Å². The summed E-state index contributed by atoms with van der Waals surface area (Å²) in [7, 11) is 1.82. The minimum Gasteiger partial charge on any atom is -0.372 e. The van der Waals surface area contributed by atoms with Crippen molar-refractivity contribution in [1.29, 1.82) is 0 Å². The molecule has 2 aromatic rings. The number of carbonyl (C=O) groups is 1. The summed E-state index contributed by atoms with van der Waals surface area (Å²) < 4.78 is 0. The van der Waals surface area contributed by atoms with Crippen molar-refractivity contribution in [1.82, 2.24) is 14.9 Å². The van der Waals surface area contributed by atoms with Crippen LogP contribution in [0, 0.1) is 0 Å². The van der Waals surface area contributed by atoms with Gasteiger partial charge in [0, 0.05) is 20.0 Å². The molecule has 1 aliphatic heterocycles. The quantitative estimate of drug-likeness (QED) is 0.922. The van der Waals surface area contributed by atoms with Crippen LogP contribution in [0.1, 0.15) is 36.6 Å². The van der Waals surface area contributed by atoms with E-state index in [0.29, 0.717) is 6.42 Å². The van der Waals surface area contributed by atoms with Crippen molar-refractivity contribution in [2.24, 2.45) is 0 Å². The molecule has 1 N–H and O–H groups in total. The van der Waals surface area contributed by atoms with Crippen LogP contribution in [0.3, 0.4) is 0 Å². The molecule has 2 heterocycles. The lowest BCUT2D eigenvalue weighted by atomic mass is 10.1. The Morgan fingerprint density at radius 3 is 2.91 bits per heavy atom. The first-order valence-corrected chi connectivity index (χ1v) is 8.11. The van der Waals surface area contributed by atoms with Gasteiger partial charge in [-0.15, -0.1) is 0 Å². The van der Waals surface area contributed by atoms with Crippen LogP contribution in [0.5, 0.6) is 0 Å². The summed E-state index contributed by atoms with van der Waals surface area (Å²) in [6.45, 7) is 0.809. The summed E-state index contributed by atoms with van der Waals surface area (Å²) in [5, 5.41) is 3.00. The van der Waals surface area contributed by atoms with Crippen LogP contribution in [0.25, 0.3) is 0 Å². The molecule has 1 aromatic heterocycles. The van der Waals surface area contributed by atoms with Gasteiger partial charge >= 0.3 is 0 Å². The van der Waals surface area contributed by atoms with Crippen molar-refractivity contribution in [3.8, 4) is 0 Å². The minimum absolute atomic E-state index is 0.0547. The Morgan fingerprint density at radius 2 is 2.13 bits per heavy atom. The fourth-order valence-electron chi connectivity index (χ4n) is 3.07. The number of hydrogen-bond donors (Lipinski definition) is 1. The van der Waals surface area contributed by atoms with Crippen LogP contribution in [0.15, 0.2) is 42.7 Å². The van der Waals surface area contributed by atoms with Crippen molar-refractivity contribution in [3.63, 3.8) is 0 Å². The van der Waals surface area contributed by atoms with E-state index < -0.39 is 0 Å². The van der Waals surface area contributed by atoms with Crippen molar-refractivity contribution < 1.29 is 4.79 Å². The van der Waals surface area contributed by atoms with E-state index in [1.54, 1.807) is 12.4 Å². The lowest BCUT2D eigenvalue weighted by molar-refractivity contribution is -0.132. The number of benzene rings is 1. The normalized spacial score (nSPS) is 17.3. The van der Waals surface area contributed by atoms with Crippen LogP contribution in [-0.4, -0.2) is 34.4 Å². The van der Waals surface area contributed by atoms with E-state index >= 15 is 0 Å². The van der Waals surface area contributed by atoms with Crippen LogP contribution in [0.4, 0.5) is 5.82 Å². The Labute approximate surface area is 136 Å². The molecule has 5 heteroatoms. The van der Waals surface area contributed by atoms with Crippen LogP contribution in [-0.2, 0) is 11.2 Å². The zero-order valence-electron chi connectivity index (χ0n) is 13.4. The summed E-state index contributed by atoms with van der Waals surface area (Å²) in [6, 6.07) is 10.2. The second-order valence-corrected chi connectivity index (χ2v) is 5.81. The SMILES string of the molecule is CNc1cncc([C@@H]2CCCN2C(=O)CCc2ccccc2)n1. The Hall–Kier alpha value is -2.43. The molecule has 0 unspecified atom stereocenters. The maximum Gasteiger partial charge on any atom is 0.223 e. The molecule has 1 saturated heterocycles. The van der Waals surface area contributed by atoms with Crippen molar-refractivity contribution in [2.75, 3.05) is 18.9 Å². The first-order valence-electron chi connectivity index (χ1n) is 8.11. The van der Waals surface area contributed by atoms with E-state index in [0.717, 1.165) is 37.3 Å². The fraction of sp³-hybridized carbons (Fsp3) is 0.389. The van der Waals surface area contributed by atoms with Gasteiger partial charge in [0.05, 0.1) is 24.1 Å². The summed E-state index contributed by atoms with van der Waals surface area (Å²) in [4.78, 5) is 23.4. The smallest absolute Gasteiger partial charge is 0.223 e. The number of likely N-dealkylation sites (tertiary alicyclic amines) is 1. The summed E-state index contributed by atoms with van der Waals surface area (Å²) in [5.74, 6) is 0.944. The number of aryl methyl sites for hydroxylation is 1. The van der Waals surface area contributed by atoms with Gasteiger partial charge in [0.15, 0.2) is 0 Å². The largest absolute Gasteiger partial charge is 0.372 e. The summed E-state index contributed by atoms with van der Waals surface area (Å²) >= 11 is 0. The van der Waals surface area contributed by atoms with Gasteiger partial charge in [-0.3, -0.25) is 9.78 Å². The first-order chi connectivity index (χ1) is 11.3. The lowest BCUT2D eigenvalue weighted by Crippen LogP contribution is -2.31. The van der Waals surface area contributed by atoms with Gasteiger partial charge in [0.1, 0.15) is 5.82 Å². The van der Waals surface area contributed by atoms with Crippen LogP contribution in [0.2, 0.25) is 0 Å². The zero-order chi connectivity index (χ0) is 16.1. The van der Waals surface area contributed by atoms with Crippen molar-refractivity contribution in [2.45, 2.75) is 31.7 Å². The third kappa shape index (κ3) is 3.67. The van der Waals surface area contributed by atoms with Gasteiger partial charge in [-0.1, -0.05) is 30.3 Å².